The Hall–Kier alpha value is -4.45. The standard InChI is InChI=1S/C28H24F6N4O4S/c1-36(26(39)7-8-35)9-10-37-11-12-38(43(40,41)23-4-2-3-20(16-23)28(32,33)34)25-15-18(5-6-24(25)37)19-13-21(29)17-22(14-19)42-27(30)31/h2-6,13-17,27H,7,9-12H2,1H3. The molecule has 43 heavy (non-hydrogen) atoms. The van der Waals surface area contributed by atoms with Crippen LogP contribution < -0.4 is 13.9 Å². The quantitative estimate of drug-likeness (QED) is 0.292. The minimum Gasteiger partial charge on any atom is -0.435 e. The molecule has 0 spiro atoms. The number of halogens is 6. The van der Waals surface area contributed by atoms with Crippen molar-refractivity contribution >= 4 is 27.3 Å². The van der Waals surface area contributed by atoms with E-state index in [9.17, 15) is 39.6 Å². The molecule has 0 saturated heterocycles. The zero-order chi connectivity index (χ0) is 31.5. The lowest BCUT2D eigenvalue weighted by molar-refractivity contribution is -0.137. The molecule has 228 valence electrons. The molecule has 0 fully saturated rings. The second kappa shape index (κ2) is 12.4. The first kappa shape index (κ1) is 31.5. The van der Waals surface area contributed by atoms with E-state index >= 15 is 0 Å². The van der Waals surface area contributed by atoms with Crippen molar-refractivity contribution in [2.24, 2.45) is 0 Å². The molecule has 1 amide bonds. The normalized spacial score (nSPS) is 13.5. The Morgan fingerprint density at radius 2 is 1.79 bits per heavy atom. The Balaban J connectivity index is 1.79. The van der Waals surface area contributed by atoms with Crippen LogP contribution in [0.5, 0.6) is 5.75 Å². The van der Waals surface area contributed by atoms with Gasteiger partial charge in [-0.05, 0) is 53.6 Å². The summed E-state index contributed by atoms with van der Waals surface area (Å²) in [6, 6.07) is 12.3. The van der Waals surface area contributed by atoms with Gasteiger partial charge in [0.1, 0.15) is 18.0 Å². The van der Waals surface area contributed by atoms with Crippen LogP contribution in [0.4, 0.5) is 37.7 Å². The predicted molar refractivity (Wildman–Crippen MR) is 145 cm³/mol. The average molecular weight is 627 g/mol. The Morgan fingerprint density at radius 3 is 2.47 bits per heavy atom. The molecule has 0 bridgehead atoms. The van der Waals surface area contributed by atoms with Gasteiger partial charge in [0.25, 0.3) is 10.0 Å². The third-order valence-corrected chi connectivity index (χ3v) is 8.51. The highest BCUT2D eigenvalue weighted by atomic mass is 32.2. The molecule has 1 aliphatic rings. The Kier molecular flexibility index (Phi) is 9.09. The summed E-state index contributed by atoms with van der Waals surface area (Å²) in [4.78, 5) is 14.5. The van der Waals surface area contributed by atoms with Crippen LogP contribution >= 0.6 is 0 Å². The summed E-state index contributed by atoms with van der Waals surface area (Å²) in [5.41, 5.74) is -0.490. The molecule has 0 saturated carbocycles. The molecular weight excluding hydrogens is 602 g/mol. The van der Waals surface area contributed by atoms with Crippen LogP contribution in [0.1, 0.15) is 12.0 Å². The number of benzene rings is 3. The van der Waals surface area contributed by atoms with Crippen molar-refractivity contribution in [1.29, 1.82) is 5.26 Å². The maximum absolute atomic E-state index is 14.3. The summed E-state index contributed by atoms with van der Waals surface area (Å²) in [6.45, 7) is -2.95. The number of anilines is 2. The summed E-state index contributed by atoms with van der Waals surface area (Å²) in [5.74, 6) is -1.79. The number of amides is 1. The van der Waals surface area contributed by atoms with Crippen LogP contribution in [0.25, 0.3) is 11.1 Å². The van der Waals surface area contributed by atoms with E-state index in [2.05, 4.69) is 4.74 Å². The summed E-state index contributed by atoms with van der Waals surface area (Å²) < 4.78 is 113. The van der Waals surface area contributed by atoms with Gasteiger partial charge in [-0.15, -0.1) is 0 Å². The molecule has 0 aliphatic carbocycles. The molecule has 4 rings (SSSR count). The second-order valence-electron chi connectivity index (χ2n) is 9.50. The van der Waals surface area contributed by atoms with Gasteiger partial charge in [0, 0.05) is 32.7 Å². The fourth-order valence-electron chi connectivity index (χ4n) is 4.56. The number of nitrogens with zero attached hydrogens (tertiary/aromatic N) is 4. The van der Waals surface area contributed by atoms with Gasteiger partial charge in [0.2, 0.25) is 5.91 Å². The van der Waals surface area contributed by atoms with Crippen molar-refractivity contribution in [3.63, 3.8) is 0 Å². The Morgan fingerprint density at radius 1 is 1.05 bits per heavy atom. The van der Waals surface area contributed by atoms with Gasteiger partial charge >= 0.3 is 12.8 Å². The molecule has 0 atom stereocenters. The lowest BCUT2D eigenvalue weighted by atomic mass is 10.0. The number of rotatable bonds is 9. The highest BCUT2D eigenvalue weighted by molar-refractivity contribution is 7.92. The van der Waals surface area contributed by atoms with Crippen molar-refractivity contribution in [1.82, 2.24) is 4.90 Å². The molecule has 0 aromatic heterocycles. The molecule has 0 unspecified atom stereocenters. The number of ether oxygens (including phenoxy) is 1. The summed E-state index contributed by atoms with van der Waals surface area (Å²) in [7, 11) is -3.06. The summed E-state index contributed by atoms with van der Waals surface area (Å²) >= 11 is 0. The highest BCUT2D eigenvalue weighted by Gasteiger charge is 2.36. The summed E-state index contributed by atoms with van der Waals surface area (Å²) in [5, 5.41) is 8.79. The monoisotopic (exact) mass is 626 g/mol. The van der Waals surface area contributed by atoms with E-state index in [1.807, 2.05) is 0 Å². The van der Waals surface area contributed by atoms with E-state index in [1.165, 1.54) is 30.1 Å². The Labute approximate surface area is 243 Å². The zero-order valence-corrected chi connectivity index (χ0v) is 23.3. The maximum atomic E-state index is 14.3. The summed E-state index contributed by atoms with van der Waals surface area (Å²) in [6.07, 6.45) is -5.12. The van der Waals surface area contributed by atoms with E-state index in [0.29, 0.717) is 11.8 Å². The van der Waals surface area contributed by atoms with E-state index in [1.54, 1.807) is 11.0 Å². The van der Waals surface area contributed by atoms with Crippen molar-refractivity contribution < 1.29 is 44.3 Å². The van der Waals surface area contributed by atoms with Gasteiger partial charge in [-0.2, -0.15) is 27.2 Å². The van der Waals surface area contributed by atoms with Crippen LogP contribution in [-0.2, 0) is 21.0 Å². The lowest BCUT2D eigenvalue weighted by Crippen LogP contribution is -2.46. The molecule has 0 N–H and O–H groups in total. The molecule has 3 aromatic carbocycles. The predicted octanol–water partition coefficient (Wildman–Crippen LogP) is 5.50. The molecule has 8 nitrogen and oxygen atoms in total. The number of carbonyl (C=O) groups excluding carboxylic acids is 1. The maximum Gasteiger partial charge on any atom is 0.416 e. The number of hydrogen-bond donors (Lipinski definition) is 0. The highest BCUT2D eigenvalue weighted by Crippen LogP contribution is 2.41. The third-order valence-electron chi connectivity index (χ3n) is 6.70. The van der Waals surface area contributed by atoms with Gasteiger partial charge in [0.05, 0.1) is 34.4 Å². The van der Waals surface area contributed by atoms with Crippen molar-refractivity contribution in [2.75, 3.05) is 42.4 Å². The van der Waals surface area contributed by atoms with E-state index < -0.39 is 50.7 Å². The first-order valence-electron chi connectivity index (χ1n) is 12.7. The van der Waals surface area contributed by atoms with Gasteiger partial charge in [-0.3, -0.25) is 9.10 Å². The topological polar surface area (TPSA) is 93.9 Å². The van der Waals surface area contributed by atoms with Gasteiger partial charge in [-0.25, -0.2) is 12.8 Å². The van der Waals surface area contributed by atoms with Crippen LogP contribution in [0.15, 0.2) is 65.6 Å². The first-order chi connectivity index (χ1) is 20.2. The first-order valence-corrected chi connectivity index (χ1v) is 14.1. The number of hydrogen-bond acceptors (Lipinski definition) is 6. The van der Waals surface area contributed by atoms with E-state index in [-0.39, 0.29) is 49.4 Å². The smallest absolute Gasteiger partial charge is 0.416 e. The molecule has 1 aliphatic heterocycles. The molecule has 0 radical (unpaired) electrons. The minimum atomic E-state index is -4.79. The SMILES string of the molecule is CN(CCN1CCN(S(=O)(=O)c2cccc(C(F)(F)F)c2)c2cc(-c3cc(F)cc(OC(F)F)c3)ccc21)C(=O)CC#N. The van der Waals surface area contributed by atoms with Gasteiger partial charge in [-0.1, -0.05) is 12.1 Å². The lowest BCUT2D eigenvalue weighted by Gasteiger charge is -2.39. The van der Waals surface area contributed by atoms with Crippen molar-refractivity contribution in [3.05, 3.63) is 72.0 Å². The minimum absolute atomic E-state index is 0.0350. The van der Waals surface area contributed by atoms with Crippen LogP contribution in [0, 0.1) is 17.1 Å². The van der Waals surface area contributed by atoms with Crippen LogP contribution in [0.3, 0.4) is 0 Å². The molecular formula is C28H24F6N4O4S. The second-order valence-corrected chi connectivity index (χ2v) is 11.4. The fraction of sp³-hybridized carbons (Fsp3) is 0.286. The molecule has 1 heterocycles. The third kappa shape index (κ3) is 7.14. The van der Waals surface area contributed by atoms with Gasteiger partial charge < -0.3 is 14.5 Å². The van der Waals surface area contributed by atoms with Crippen LogP contribution in [-0.4, -0.2) is 59.1 Å². The van der Waals surface area contributed by atoms with Crippen molar-refractivity contribution in [2.45, 2.75) is 24.1 Å². The average Bonchev–Trinajstić information content (AvgIpc) is 2.94. The van der Waals surface area contributed by atoms with E-state index in [4.69, 9.17) is 5.26 Å². The number of sulfonamides is 1. The fourth-order valence-corrected chi connectivity index (χ4v) is 6.07. The number of alkyl halides is 5. The Bertz CT molecular complexity index is 1660. The number of carbonyl (C=O) groups is 1. The van der Waals surface area contributed by atoms with Crippen LogP contribution in [0.2, 0.25) is 0 Å². The number of likely N-dealkylation sites (N-methyl/N-ethyl adjacent to an activating group) is 1. The zero-order valence-electron chi connectivity index (χ0n) is 22.5. The molecule has 15 heteroatoms. The van der Waals surface area contributed by atoms with Crippen molar-refractivity contribution in [3.8, 4) is 22.9 Å². The van der Waals surface area contributed by atoms with E-state index in [0.717, 1.165) is 40.7 Å². The molecule has 3 aromatic rings. The number of nitriles is 1. The number of fused-ring (bicyclic) bond motifs is 1. The van der Waals surface area contributed by atoms with Gasteiger partial charge in [0.15, 0.2) is 0 Å². The largest absolute Gasteiger partial charge is 0.435 e.